The van der Waals surface area contributed by atoms with Gasteiger partial charge in [-0.05, 0) is 32.4 Å². The molecule has 0 saturated heterocycles. The number of carbonyl (C=O) groups is 1. The lowest BCUT2D eigenvalue weighted by Gasteiger charge is -2.19. The number of ether oxygens (including phenoxy) is 1. The number of nitro benzene ring substituents is 1. The number of nitrogens with one attached hydrogen (secondary N) is 1. The smallest absolute Gasteiger partial charge is 0.407 e. The van der Waals surface area contributed by atoms with Gasteiger partial charge >= 0.3 is 11.8 Å². The number of phenols is 1. The van der Waals surface area contributed by atoms with Crippen molar-refractivity contribution >= 4 is 17.9 Å². The number of benzene rings is 1. The summed E-state index contributed by atoms with van der Waals surface area (Å²) in [6.07, 6.45) is 2.69. The van der Waals surface area contributed by atoms with E-state index in [2.05, 4.69) is 5.32 Å². The molecule has 2 N–H and O–H groups in total. The first-order valence-corrected chi connectivity index (χ1v) is 6.30. The quantitative estimate of drug-likeness (QED) is 0.656. The molecule has 1 aromatic rings. The maximum atomic E-state index is 11.4. The Morgan fingerprint density at radius 2 is 2.14 bits per heavy atom. The van der Waals surface area contributed by atoms with Gasteiger partial charge < -0.3 is 15.2 Å². The molecular weight excluding hydrogens is 276 g/mol. The lowest BCUT2D eigenvalue weighted by Crippen LogP contribution is -2.32. The Labute approximate surface area is 122 Å². The molecule has 0 aliphatic rings. The Morgan fingerprint density at radius 3 is 2.71 bits per heavy atom. The van der Waals surface area contributed by atoms with E-state index in [0.29, 0.717) is 5.56 Å². The highest BCUT2D eigenvalue weighted by Crippen LogP contribution is 2.26. The van der Waals surface area contributed by atoms with Gasteiger partial charge in [0.05, 0.1) is 4.92 Å². The summed E-state index contributed by atoms with van der Waals surface area (Å²) in [6, 6.07) is 4.03. The van der Waals surface area contributed by atoms with Gasteiger partial charge in [-0.3, -0.25) is 10.1 Å². The molecule has 0 aliphatic heterocycles. The molecule has 7 nitrogen and oxygen atoms in total. The van der Waals surface area contributed by atoms with Gasteiger partial charge in [0.1, 0.15) is 5.60 Å². The molecule has 1 rings (SSSR count). The fourth-order valence-corrected chi connectivity index (χ4v) is 1.44. The summed E-state index contributed by atoms with van der Waals surface area (Å²) in [4.78, 5) is 21.4. The van der Waals surface area contributed by atoms with Crippen molar-refractivity contribution < 1.29 is 19.6 Å². The topological polar surface area (TPSA) is 102 Å². The van der Waals surface area contributed by atoms with Gasteiger partial charge in [0.25, 0.3) is 0 Å². The van der Waals surface area contributed by atoms with Crippen molar-refractivity contribution in [2.45, 2.75) is 26.4 Å². The SMILES string of the molecule is CC(C)(C)OC(=O)NCC=Cc1ccc(O)c([N+](=O)[O-])c1. The minimum atomic E-state index is -0.661. The van der Waals surface area contributed by atoms with Crippen LogP contribution < -0.4 is 5.32 Å². The van der Waals surface area contributed by atoms with Gasteiger partial charge in [0.15, 0.2) is 5.75 Å². The van der Waals surface area contributed by atoms with E-state index in [4.69, 9.17) is 4.74 Å². The standard InChI is InChI=1S/C14H18N2O5/c1-14(2,3)21-13(18)15-8-4-5-10-6-7-12(17)11(9-10)16(19)20/h4-7,9,17H,8H2,1-3H3,(H,15,18). The summed E-state index contributed by atoms with van der Waals surface area (Å²) in [5.74, 6) is -0.385. The summed E-state index contributed by atoms with van der Waals surface area (Å²) in [5, 5.41) is 22.5. The normalized spacial score (nSPS) is 11.4. The lowest BCUT2D eigenvalue weighted by molar-refractivity contribution is -0.385. The molecule has 0 unspecified atom stereocenters. The highest BCUT2D eigenvalue weighted by atomic mass is 16.6. The predicted octanol–water partition coefficient (Wildman–Crippen LogP) is 2.84. The second kappa shape index (κ2) is 6.74. The van der Waals surface area contributed by atoms with Crippen molar-refractivity contribution in [1.29, 1.82) is 0 Å². The number of rotatable bonds is 4. The van der Waals surface area contributed by atoms with Crippen LogP contribution in [0.3, 0.4) is 0 Å². The third kappa shape index (κ3) is 5.94. The molecule has 0 fully saturated rings. The molecule has 21 heavy (non-hydrogen) atoms. The number of nitro groups is 1. The predicted molar refractivity (Wildman–Crippen MR) is 78.0 cm³/mol. The van der Waals surface area contributed by atoms with Crippen LogP contribution in [0, 0.1) is 10.1 Å². The largest absolute Gasteiger partial charge is 0.502 e. The van der Waals surface area contributed by atoms with Crippen LogP contribution in [0.4, 0.5) is 10.5 Å². The molecule has 0 aliphatic carbocycles. The van der Waals surface area contributed by atoms with Gasteiger partial charge in [-0.15, -0.1) is 0 Å². The van der Waals surface area contributed by atoms with Crippen molar-refractivity contribution in [2.24, 2.45) is 0 Å². The van der Waals surface area contributed by atoms with Crippen LogP contribution in [-0.2, 0) is 4.74 Å². The second-order valence-electron chi connectivity index (χ2n) is 5.29. The van der Waals surface area contributed by atoms with Gasteiger partial charge in [-0.2, -0.15) is 0 Å². The average Bonchev–Trinajstić information content (AvgIpc) is 2.34. The van der Waals surface area contributed by atoms with Gasteiger partial charge in [-0.25, -0.2) is 4.79 Å². The van der Waals surface area contributed by atoms with Crippen LogP contribution in [0.25, 0.3) is 6.08 Å². The van der Waals surface area contributed by atoms with E-state index in [1.165, 1.54) is 18.2 Å². The molecular formula is C14H18N2O5. The monoisotopic (exact) mass is 294 g/mol. The van der Waals surface area contributed by atoms with Crippen molar-refractivity contribution in [3.8, 4) is 5.75 Å². The Balaban J connectivity index is 2.56. The molecule has 0 spiro atoms. The molecule has 0 radical (unpaired) electrons. The summed E-state index contributed by atoms with van der Waals surface area (Å²) < 4.78 is 5.05. The highest BCUT2D eigenvalue weighted by molar-refractivity contribution is 5.68. The van der Waals surface area contributed by atoms with Crippen LogP contribution in [0.5, 0.6) is 5.75 Å². The van der Waals surface area contributed by atoms with Crippen LogP contribution in [-0.4, -0.2) is 28.3 Å². The molecule has 114 valence electrons. The first-order chi connectivity index (χ1) is 9.69. The minimum absolute atomic E-state index is 0.226. The zero-order valence-corrected chi connectivity index (χ0v) is 12.1. The first kappa shape index (κ1) is 16.5. The molecule has 0 heterocycles. The number of hydrogen-bond donors (Lipinski definition) is 2. The third-order valence-corrected chi connectivity index (χ3v) is 2.27. The highest BCUT2D eigenvalue weighted by Gasteiger charge is 2.15. The van der Waals surface area contributed by atoms with Crippen LogP contribution in [0.2, 0.25) is 0 Å². The van der Waals surface area contributed by atoms with E-state index in [1.54, 1.807) is 32.9 Å². The zero-order chi connectivity index (χ0) is 16.0. The van der Waals surface area contributed by atoms with Gasteiger partial charge in [0, 0.05) is 12.6 Å². The Bertz CT molecular complexity index is 561. The lowest BCUT2D eigenvalue weighted by atomic mass is 10.2. The molecule has 0 bridgehead atoms. The van der Waals surface area contributed by atoms with Crippen molar-refractivity contribution in [1.82, 2.24) is 5.32 Å². The number of carbonyl (C=O) groups excluding carboxylic acids is 1. The van der Waals surface area contributed by atoms with E-state index >= 15 is 0 Å². The number of alkyl carbamates (subject to hydrolysis) is 1. The molecule has 0 aromatic heterocycles. The average molecular weight is 294 g/mol. The number of nitrogens with zero attached hydrogens (tertiary/aromatic N) is 1. The summed E-state index contributed by atoms with van der Waals surface area (Å²) in [6.45, 7) is 5.51. The summed E-state index contributed by atoms with van der Waals surface area (Å²) in [7, 11) is 0. The summed E-state index contributed by atoms with van der Waals surface area (Å²) >= 11 is 0. The van der Waals surface area contributed by atoms with E-state index < -0.39 is 16.6 Å². The minimum Gasteiger partial charge on any atom is -0.502 e. The Morgan fingerprint density at radius 1 is 1.48 bits per heavy atom. The maximum Gasteiger partial charge on any atom is 0.407 e. The number of amides is 1. The van der Waals surface area contributed by atoms with Crippen LogP contribution >= 0.6 is 0 Å². The molecule has 0 saturated carbocycles. The van der Waals surface area contributed by atoms with E-state index in [9.17, 15) is 20.0 Å². The van der Waals surface area contributed by atoms with Crippen molar-refractivity contribution in [3.05, 3.63) is 40.0 Å². The molecule has 1 aromatic carbocycles. The number of aromatic hydroxyl groups is 1. The first-order valence-electron chi connectivity index (χ1n) is 6.30. The van der Waals surface area contributed by atoms with Gasteiger partial charge in [0.2, 0.25) is 0 Å². The number of hydrogen-bond acceptors (Lipinski definition) is 5. The third-order valence-electron chi connectivity index (χ3n) is 2.27. The molecule has 1 amide bonds. The Hall–Kier alpha value is -2.57. The van der Waals surface area contributed by atoms with E-state index in [-0.39, 0.29) is 18.0 Å². The zero-order valence-electron chi connectivity index (χ0n) is 12.1. The van der Waals surface area contributed by atoms with Crippen LogP contribution in [0.15, 0.2) is 24.3 Å². The van der Waals surface area contributed by atoms with Crippen molar-refractivity contribution in [2.75, 3.05) is 6.54 Å². The second-order valence-corrected chi connectivity index (χ2v) is 5.29. The molecule has 7 heteroatoms. The fourth-order valence-electron chi connectivity index (χ4n) is 1.44. The van der Waals surface area contributed by atoms with Crippen molar-refractivity contribution in [3.63, 3.8) is 0 Å². The van der Waals surface area contributed by atoms with Crippen LogP contribution in [0.1, 0.15) is 26.3 Å². The van der Waals surface area contributed by atoms with Gasteiger partial charge in [-0.1, -0.05) is 18.2 Å². The Kier molecular flexibility index (Phi) is 5.29. The fraction of sp³-hybridized carbons (Fsp3) is 0.357. The van der Waals surface area contributed by atoms with E-state index in [0.717, 1.165) is 0 Å². The van der Waals surface area contributed by atoms with E-state index in [1.807, 2.05) is 0 Å². The number of phenolic OH excluding ortho intramolecular Hbond substituents is 1. The summed E-state index contributed by atoms with van der Waals surface area (Å²) in [5.41, 5.74) is -0.381. The molecule has 0 atom stereocenters. The maximum absolute atomic E-state index is 11.4.